The molecule has 6 nitrogen and oxygen atoms in total. The largest absolute Gasteiger partial charge is 0.760 e. The van der Waals surface area contributed by atoms with E-state index in [-0.39, 0.29) is 22.9 Å². The van der Waals surface area contributed by atoms with E-state index >= 15 is 0 Å². The molecule has 0 spiro atoms. The number of furan rings is 1. The Hall–Kier alpha value is -0.843. The predicted octanol–water partition coefficient (Wildman–Crippen LogP) is 4.73. The number of nitrogens with one attached hydrogen (secondary N) is 1. The van der Waals surface area contributed by atoms with Crippen LogP contribution in [0.1, 0.15) is 17.0 Å². The SMILES string of the molecule is C[Si](C)(C)Oc1c(C(Br)CCNS(=O)[O-])oc(-c2ccc(Cl)cc2)c1O. The summed E-state index contributed by atoms with van der Waals surface area (Å²) in [6.45, 7) is 6.21. The van der Waals surface area contributed by atoms with Crippen LogP contribution in [-0.2, 0) is 11.3 Å². The molecule has 0 aliphatic rings. The van der Waals surface area contributed by atoms with Gasteiger partial charge in [0, 0.05) is 28.4 Å². The second kappa shape index (κ2) is 8.90. The Morgan fingerprint density at radius 2 is 2.00 bits per heavy atom. The molecule has 2 N–H and O–H groups in total. The molecule has 1 aromatic carbocycles. The third kappa shape index (κ3) is 5.83. The van der Waals surface area contributed by atoms with E-state index < -0.39 is 19.6 Å². The Morgan fingerprint density at radius 3 is 2.54 bits per heavy atom. The van der Waals surface area contributed by atoms with Crippen molar-refractivity contribution < 1.29 is 22.7 Å². The fraction of sp³-hybridized carbons (Fsp3) is 0.375. The highest BCUT2D eigenvalue weighted by molar-refractivity contribution is 9.09. The van der Waals surface area contributed by atoms with Gasteiger partial charge in [0.05, 0.1) is 4.83 Å². The number of hydrogen-bond acceptors (Lipinski definition) is 5. The van der Waals surface area contributed by atoms with Gasteiger partial charge in [-0.25, -0.2) is 4.72 Å². The molecule has 0 fully saturated rings. The highest BCUT2D eigenvalue weighted by Crippen LogP contribution is 2.48. The van der Waals surface area contributed by atoms with Crippen LogP contribution in [0.2, 0.25) is 24.7 Å². The number of halogens is 2. The van der Waals surface area contributed by atoms with Gasteiger partial charge < -0.3 is 18.5 Å². The molecule has 10 heteroatoms. The van der Waals surface area contributed by atoms with Gasteiger partial charge >= 0.3 is 0 Å². The maximum atomic E-state index is 10.7. The van der Waals surface area contributed by atoms with Crippen LogP contribution < -0.4 is 9.15 Å². The van der Waals surface area contributed by atoms with Crippen molar-refractivity contribution in [3.8, 4) is 22.8 Å². The molecule has 2 aromatic rings. The van der Waals surface area contributed by atoms with Gasteiger partial charge in [-0.05, 0) is 50.3 Å². The van der Waals surface area contributed by atoms with Crippen LogP contribution in [0, 0.1) is 0 Å². The standard InChI is InChI=1S/C16H21BrClNO5SSi/c1-26(2,3)24-16-13(20)14(10-4-6-11(18)7-5-10)23-15(16)12(17)8-9-19-25(21)22/h4-7,12,19-20H,8-9H2,1-3H3,(H,21,22)/p-1. The van der Waals surface area contributed by atoms with E-state index in [1.807, 2.05) is 19.6 Å². The Morgan fingerprint density at radius 1 is 1.38 bits per heavy atom. The van der Waals surface area contributed by atoms with Crippen LogP contribution >= 0.6 is 27.5 Å². The summed E-state index contributed by atoms with van der Waals surface area (Å²) in [6.07, 6.45) is 0.420. The average molecular weight is 482 g/mol. The third-order valence-corrected chi connectivity index (χ3v) is 5.66. The van der Waals surface area contributed by atoms with Gasteiger partial charge in [0.1, 0.15) is 0 Å². The zero-order chi connectivity index (χ0) is 19.5. The van der Waals surface area contributed by atoms with E-state index in [4.69, 9.17) is 20.4 Å². The quantitative estimate of drug-likeness (QED) is 0.323. The number of hydrogen-bond donors (Lipinski definition) is 2. The highest BCUT2D eigenvalue weighted by atomic mass is 79.9. The number of aromatic hydroxyl groups is 1. The Kier molecular flexibility index (Phi) is 7.34. The molecule has 0 bridgehead atoms. The van der Waals surface area contributed by atoms with Crippen LogP contribution in [0.25, 0.3) is 11.3 Å². The molecule has 26 heavy (non-hydrogen) atoms. The molecule has 0 radical (unpaired) electrons. The zero-order valence-electron chi connectivity index (χ0n) is 14.5. The fourth-order valence-corrected chi connectivity index (χ4v) is 3.98. The molecule has 1 heterocycles. The zero-order valence-corrected chi connectivity index (χ0v) is 18.7. The molecule has 0 aliphatic carbocycles. The Bertz CT molecular complexity index is 778. The van der Waals surface area contributed by atoms with Gasteiger partial charge in [-0.1, -0.05) is 27.5 Å². The van der Waals surface area contributed by atoms with E-state index in [2.05, 4.69) is 20.7 Å². The van der Waals surface area contributed by atoms with Crippen molar-refractivity contribution in [3.05, 3.63) is 35.0 Å². The average Bonchev–Trinajstić information content (AvgIpc) is 2.83. The van der Waals surface area contributed by atoms with Crippen LogP contribution in [0.5, 0.6) is 11.5 Å². The molecule has 2 atom stereocenters. The molecule has 0 aliphatic heterocycles. The summed E-state index contributed by atoms with van der Waals surface area (Å²) in [5.41, 5.74) is 0.664. The molecule has 1 aromatic heterocycles. The molecular formula is C16H20BrClNO5SSi-. The fourth-order valence-electron chi connectivity index (χ4n) is 2.23. The lowest BCUT2D eigenvalue weighted by Gasteiger charge is -2.20. The predicted molar refractivity (Wildman–Crippen MR) is 108 cm³/mol. The van der Waals surface area contributed by atoms with Crippen molar-refractivity contribution in [1.82, 2.24) is 4.72 Å². The second-order valence-electron chi connectivity index (χ2n) is 6.58. The number of benzene rings is 1. The first-order valence-electron chi connectivity index (χ1n) is 7.86. The molecule has 2 rings (SSSR count). The molecule has 0 saturated heterocycles. The summed E-state index contributed by atoms with van der Waals surface area (Å²) < 4.78 is 35.5. The van der Waals surface area contributed by atoms with Gasteiger partial charge in [-0.15, -0.1) is 0 Å². The van der Waals surface area contributed by atoms with Crippen molar-refractivity contribution in [3.63, 3.8) is 0 Å². The van der Waals surface area contributed by atoms with E-state index in [1.165, 1.54) is 0 Å². The van der Waals surface area contributed by atoms with Crippen LogP contribution in [-0.4, -0.2) is 28.7 Å². The first-order valence-corrected chi connectivity index (χ1v) is 13.6. The van der Waals surface area contributed by atoms with Crippen LogP contribution in [0.4, 0.5) is 0 Å². The van der Waals surface area contributed by atoms with Crippen molar-refractivity contribution in [2.45, 2.75) is 30.9 Å². The summed E-state index contributed by atoms with van der Waals surface area (Å²) >= 11 is 7.08. The number of alkyl halides is 1. The minimum atomic E-state index is -2.33. The maximum Gasteiger partial charge on any atom is 0.242 e. The van der Waals surface area contributed by atoms with Crippen LogP contribution in [0.15, 0.2) is 28.7 Å². The first kappa shape index (κ1) is 21.5. The van der Waals surface area contributed by atoms with Crippen molar-refractivity contribution in [1.29, 1.82) is 0 Å². The van der Waals surface area contributed by atoms with E-state index in [9.17, 15) is 13.9 Å². The van der Waals surface area contributed by atoms with Crippen molar-refractivity contribution in [2.24, 2.45) is 0 Å². The summed E-state index contributed by atoms with van der Waals surface area (Å²) in [5, 5.41) is 11.3. The first-order chi connectivity index (χ1) is 12.1. The van der Waals surface area contributed by atoms with Crippen molar-refractivity contribution >= 4 is 47.1 Å². The van der Waals surface area contributed by atoms with Gasteiger partial charge in [0.25, 0.3) is 0 Å². The minimum absolute atomic E-state index is 0.0745. The van der Waals surface area contributed by atoms with Gasteiger partial charge in [-0.2, -0.15) is 0 Å². The summed E-state index contributed by atoms with van der Waals surface area (Å²) in [7, 11) is -2.03. The highest BCUT2D eigenvalue weighted by Gasteiger charge is 2.30. The topological polar surface area (TPSA) is 94.8 Å². The molecule has 2 unspecified atom stereocenters. The molecule has 0 amide bonds. The van der Waals surface area contributed by atoms with Gasteiger partial charge in [-0.3, -0.25) is 4.21 Å². The summed E-state index contributed by atoms with van der Waals surface area (Å²) in [6, 6.07) is 6.90. The Balaban J connectivity index is 2.39. The lowest BCUT2D eigenvalue weighted by atomic mass is 10.1. The Labute approximate surface area is 169 Å². The van der Waals surface area contributed by atoms with Gasteiger partial charge in [0.15, 0.2) is 17.3 Å². The van der Waals surface area contributed by atoms with Crippen molar-refractivity contribution in [2.75, 3.05) is 6.54 Å². The summed E-state index contributed by atoms with van der Waals surface area (Å²) in [4.78, 5) is -0.336. The lowest BCUT2D eigenvalue weighted by Crippen LogP contribution is -2.29. The third-order valence-electron chi connectivity index (χ3n) is 3.28. The number of rotatable bonds is 8. The monoisotopic (exact) mass is 480 g/mol. The maximum absolute atomic E-state index is 10.7. The van der Waals surface area contributed by atoms with E-state index in [0.29, 0.717) is 28.5 Å². The molecular weight excluding hydrogens is 462 g/mol. The molecule has 0 saturated carbocycles. The molecule has 144 valence electrons. The van der Waals surface area contributed by atoms with Gasteiger partial charge in [0.2, 0.25) is 14.1 Å². The smallest absolute Gasteiger partial charge is 0.242 e. The van der Waals surface area contributed by atoms with E-state index in [1.54, 1.807) is 24.3 Å². The van der Waals surface area contributed by atoms with Crippen LogP contribution in [0.3, 0.4) is 0 Å². The van der Waals surface area contributed by atoms with E-state index in [0.717, 1.165) is 0 Å². The lowest BCUT2D eigenvalue weighted by molar-refractivity contribution is 0.438. The normalized spacial score (nSPS) is 14.2. The minimum Gasteiger partial charge on any atom is -0.760 e. The summed E-state index contributed by atoms with van der Waals surface area (Å²) in [5.74, 6) is 0.928. The second-order valence-corrected chi connectivity index (χ2v) is 13.3.